The van der Waals surface area contributed by atoms with Gasteiger partial charge in [-0.1, -0.05) is 55.1 Å². The molecule has 0 saturated heterocycles. The second-order valence-electron chi connectivity index (χ2n) is 4.23. The maximum Gasteiger partial charge on any atom is 0.234 e. The van der Waals surface area contributed by atoms with E-state index in [-0.39, 0.29) is 21.2 Å². The highest BCUT2D eigenvalue weighted by Gasteiger charge is 2.23. The summed E-state index contributed by atoms with van der Waals surface area (Å²) >= 11 is 17.8. The third-order valence-corrected chi connectivity index (χ3v) is 6.08. The van der Waals surface area contributed by atoms with Crippen molar-refractivity contribution >= 4 is 86.9 Å². The lowest BCUT2D eigenvalue weighted by Gasteiger charge is -2.06. The van der Waals surface area contributed by atoms with Crippen molar-refractivity contribution < 1.29 is 18.4 Å². The lowest BCUT2D eigenvalue weighted by Crippen LogP contribution is -2.01. The molecule has 0 aliphatic rings. The van der Waals surface area contributed by atoms with Crippen molar-refractivity contribution in [2.75, 3.05) is 0 Å². The number of hydrogen-bond acceptors (Lipinski definition) is 4. The van der Waals surface area contributed by atoms with E-state index in [9.17, 15) is 18.4 Å². The summed E-state index contributed by atoms with van der Waals surface area (Å²) in [5.74, 6) is -1.65. The van der Waals surface area contributed by atoms with Gasteiger partial charge in [0.1, 0.15) is 11.6 Å². The number of halogens is 6. The van der Waals surface area contributed by atoms with Crippen molar-refractivity contribution in [2.45, 2.75) is 0 Å². The molecule has 0 bridgehead atoms. The maximum absolute atomic E-state index is 13.9. The minimum atomic E-state index is -0.826. The van der Waals surface area contributed by atoms with Gasteiger partial charge in [0, 0.05) is 8.95 Å². The van der Waals surface area contributed by atoms with E-state index >= 15 is 0 Å². The van der Waals surface area contributed by atoms with Crippen molar-refractivity contribution in [3.05, 3.63) is 66.0 Å². The second kappa shape index (κ2) is 8.51. The first-order chi connectivity index (χ1) is 11.2. The van der Waals surface area contributed by atoms with Crippen LogP contribution in [0, 0.1) is 11.6 Å². The van der Waals surface area contributed by atoms with Crippen LogP contribution in [0.1, 0.15) is 20.7 Å². The molecule has 0 atom stereocenters. The third-order valence-electron chi connectivity index (χ3n) is 2.62. The molecule has 2 rings (SSSR count). The van der Waals surface area contributed by atoms with E-state index in [0.29, 0.717) is 30.5 Å². The van der Waals surface area contributed by atoms with Crippen LogP contribution in [0.2, 0.25) is 10.0 Å². The Balaban J connectivity index is 2.17. The second-order valence-corrected chi connectivity index (χ2v) is 8.95. The van der Waals surface area contributed by atoms with E-state index in [1.54, 1.807) is 0 Å². The maximum atomic E-state index is 13.9. The summed E-state index contributed by atoms with van der Waals surface area (Å²) in [6.07, 6.45) is 0. The Kier molecular flexibility index (Phi) is 7.16. The average molecular weight is 537 g/mol. The van der Waals surface area contributed by atoms with Gasteiger partial charge in [-0.05, 0) is 45.9 Å². The molecular weight excluding hydrogens is 533 g/mol. The van der Waals surface area contributed by atoms with E-state index in [4.69, 9.17) is 23.2 Å². The Bertz CT molecular complexity index is 734. The summed E-state index contributed by atoms with van der Waals surface area (Å²) in [6, 6.07) is 4.88. The van der Waals surface area contributed by atoms with Gasteiger partial charge >= 0.3 is 0 Å². The molecule has 2 aromatic carbocycles. The van der Waals surface area contributed by atoms with E-state index in [1.807, 2.05) is 0 Å². The zero-order valence-electron chi connectivity index (χ0n) is 11.2. The molecule has 126 valence electrons. The SMILES string of the molecule is O=C(SSC(=O)c1c(F)cc(Br)cc1Cl)c1c(F)cc(Br)cc1Cl. The van der Waals surface area contributed by atoms with Gasteiger partial charge in [-0.25, -0.2) is 8.78 Å². The standard InChI is InChI=1S/C14H4Br2Cl2F2O2S2/c15-5-1-7(17)11(9(19)3-5)13(21)23-24-14(22)12-8(18)2-6(16)4-10(12)20/h1-4H. The molecular formula is C14H4Br2Cl2F2O2S2. The minimum absolute atomic E-state index is 0.0970. The lowest BCUT2D eigenvalue weighted by atomic mass is 10.2. The molecule has 2 nitrogen and oxygen atoms in total. The van der Waals surface area contributed by atoms with Gasteiger partial charge in [0.25, 0.3) is 0 Å². The minimum Gasteiger partial charge on any atom is -0.280 e. The topological polar surface area (TPSA) is 34.1 Å². The highest BCUT2D eigenvalue weighted by Crippen LogP contribution is 2.36. The van der Waals surface area contributed by atoms with Crippen LogP contribution in [-0.2, 0) is 0 Å². The quantitative estimate of drug-likeness (QED) is 0.381. The fourth-order valence-electron chi connectivity index (χ4n) is 1.63. The number of rotatable bonds is 2. The Morgan fingerprint density at radius 1 is 0.792 bits per heavy atom. The Labute approximate surface area is 170 Å². The predicted molar refractivity (Wildman–Crippen MR) is 102 cm³/mol. The summed E-state index contributed by atoms with van der Waals surface area (Å²) in [5.41, 5.74) is -0.708. The average Bonchev–Trinajstić information content (AvgIpc) is 2.42. The van der Waals surface area contributed by atoms with Gasteiger partial charge in [-0.15, -0.1) is 0 Å². The van der Waals surface area contributed by atoms with Crippen molar-refractivity contribution in [1.82, 2.24) is 0 Å². The molecule has 0 heterocycles. The number of hydrogen-bond donors (Lipinski definition) is 0. The highest BCUT2D eigenvalue weighted by molar-refractivity contribution is 9.10. The summed E-state index contributed by atoms with van der Waals surface area (Å²) in [6.45, 7) is 0. The van der Waals surface area contributed by atoms with Crippen molar-refractivity contribution in [3.8, 4) is 0 Å². The zero-order chi connectivity index (χ0) is 18.0. The fraction of sp³-hybridized carbons (Fsp3) is 0. The molecule has 0 fully saturated rings. The van der Waals surface area contributed by atoms with Crippen molar-refractivity contribution in [2.24, 2.45) is 0 Å². The Hall–Kier alpha value is -0.120. The van der Waals surface area contributed by atoms with Crippen LogP contribution >= 0.6 is 76.6 Å². The van der Waals surface area contributed by atoms with Gasteiger partial charge in [0.15, 0.2) is 0 Å². The summed E-state index contributed by atoms with van der Waals surface area (Å²) in [7, 11) is 0.879. The molecule has 0 aliphatic heterocycles. The molecule has 0 aliphatic carbocycles. The molecule has 0 aromatic heterocycles. The molecule has 0 N–H and O–H groups in total. The number of carbonyl (C=O) groups is 2. The third kappa shape index (κ3) is 4.74. The Morgan fingerprint density at radius 2 is 1.12 bits per heavy atom. The van der Waals surface area contributed by atoms with Crippen LogP contribution in [0.15, 0.2) is 33.2 Å². The van der Waals surface area contributed by atoms with Gasteiger partial charge in [0.2, 0.25) is 10.2 Å². The molecule has 10 heteroatoms. The molecule has 0 spiro atoms. The van der Waals surface area contributed by atoms with E-state index in [0.717, 1.165) is 12.1 Å². The van der Waals surface area contributed by atoms with Gasteiger partial charge < -0.3 is 0 Å². The molecule has 0 unspecified atom stereocenters. The summed E-state index contributed by atoms with van der Waals surface area (Å²) in [5, 5.41) is -1.73. The largest absolute Gasteiger partial charge is 0.280 e. The normalized spacial score (nSPS) is 10.8. The molecule has 2 aromatic rings. The molecule has 0 radical (unpaired) electrons. The van der Waals surface area contributed by atoms with Crippen molar-refractivity contribution in [3.63, 3.8) is 0 Å². The van der Waals surface area contributed by atoms with Crippen LogP contribution < -0.4 is 0 Å². The van der Waals surface area contributed by atoms with Crippen LogP contribution in [0.5, 0.6) is 0 Å². The van der Waals surface area contributed by atoms with E-state index < -0.39 is 21.9 Å². The van der Waals surface area contributed by atoms with E-state index in [1.165, 1.54) is 12.1 Å². The van der Waals surface area contributed by atoms with Gasteiger partial charge in [-0.3, -0.25) is 9.59 Å². The first-order valence-corrected chi connectivity index (χ1v) is 10.4. The summed E-state index contributed by atoms with van der Waals surface area (Å²) in [4.78, 5) is 24.1. The zero-order valence-corrected chi connectivity index (χ0v) is 17.5. The monoisotopic (exact) mass is 534 g/mol. The first-order valence-electron chi connectivity index (χ1n) is 5.93. The van der Waals surface area contributed by atoms with Crippen LogP contribution in [0.25, 0.3) is 0 Å². The van der Waals surface area contributed by atoms with Crippen LogP contribution in [0.4, 0.5) is 8.78 Å². The molecule has 0 amide bonds. The smallest absolute Gasteiger partial charge is 0.234 e. The molecule has 0 saturated carbocycles. The molecule has 24 heavy (non-hydrogen) atoms. The fourth-order valence-corrected chi connectivity index (χ4v) is 5.14. The lowest BCUT2D eigenvalue weighted by molar-refractivity contribution is 0.107. The van der Waals surface area contributed by atoms with E-state index in [2.05, 4.69) is 31.9 Å². The van der Waals surface area contributed by atoms with Crippen LogP contribution in [0.3, 0.4) is 0 Å². The van der Waals surface area contributed by atoms with Crippen LogP contribution in [-0.4, -0.2) is 10.2 Å². The highest BCUT2D eigenvalue weighted by atomic mass is 79.9. The Morgan fingerprint density at radius 3 is 1.42 bits per heavy atom. The van der Waals surface area contributed by atoms with Crippen molar-refractivity contribution in [1.29, 1.82) is 0 Å². The van der Waals surface area contributed by atoms with Gasteiger partial charge in [-0.2, -0.15) is 0 Å². The first kappa shape index (κ1) is 20.2. The number of benzene rings is 2. The number of carbonyl (C=O) groups excluding carboxylic acids is 2. The van der Waals surface area contributed by atoms with Gasteiger partial charge in [0.05, 0.1) is 21.2 Å². The predicted octanol–water partition coefficient (Wildman–Crippen LogP) is 7.16. The summed E-state index contributed by atoms with van der Waals surface area (Å²) < 4.78 is 28.5.